The Bertz CT molecular complexity index is 448. The summed E-state index contributed by atoms with van der Waals surface area (Å²) in [7, 11) is -4.10. The quantitative estimate of drug-likeness (QED) is 0.628. The molecular formula is C6H4ClFINO2S. The summed E-state index contributed by atoms with van der Waals surface area (Å²) in [5.41, 5.74) is 0. The lowest BCUT2D eigenvalue weighted by Crippen LogP contribution is -2.15. The number of rotatable bonds is 1. The molecule has 2 N–H and O–H groups in total. The highest BCUT2D eigenvalue weighted by Gasteiger charge is 2.20. The summed E-state index contributed by atoms with van der Waals surface area (Å²) in [6.45, 7) is 0. The molecule has 72 valence electrons. The van der Waals surface area contributed by atoms with Crippen LogP contribution in [0.5, 0.6) is 0 Å². The molecule has 0 fully saturated rings. The second kappa shape index (κ2) is 3.68. The van der Waals surface area contributed by atoms with Crippen LogP contribution >= 0.6 is 34.2 Å². The SMILES string of the molecule is NS(=O)(=O)c1c(Cl)ccc(I)c1F. The van der Waals surface area contributed by atoms with Crippen molar-refractivity contribution < 1.29 is 12.8 Å². The number of hydrogen-bond acceptors (Lipinski definition) is 2. The monoisotopic (exact) mass is 335 g/mol. The van der Waals surface area contributed by atoms with Crippen molar-refractivity contribution in [2.75, 3.05) is 0 Å². The van der Waals surface area contributed by atoms with Crippen LogP contribution in [-0.4, -0.2) is 8.42 Å². The molecule has 0 saturated carbocycles. The summed E-state index contributed by atoms with van der Waals surface area (Å²) in [4.78, 5) is -0.652. The van der Waals surface area contributed by atoms with Crippen molar-refractivity contribution in [3.8, 4) is 0 Å². The topological polar surface area (TPSA) is 60.2 Å². The molecule has 0 spiro atoms. The minimum atomic E-state index is -4.10. The van der Waals surface area contributed by atoms with Gasteiger partial charge in [-0.1, -0.05) is 11.6 Å². The molecule has 7 heteroatoms. The fourth-order valence-electron chi connectivity index (χ4n) is 0.769. The number of sulfonamides is 1. The summed E-state index contributed by atoms with van der Waals surface area (Å²) >= 11 is 7.14. The van der Waals surface area contributed by atoms with Gasteiger partial charge in [-0.3, -0.25) is 0 Å². The van der Waals surface area contributed by atoms with Gasteiger partial charge in [-0.25, -0.2) is 17.9 Å². The fourth-order valence-corrected chi connectivity index (χ4v) is 2.57. The molecule has 0 amide bonds. The number of halogens is 3. The Morgan fingerprint density at radius 1 is 1.46 bits per heavy atom. The molecule has 0 radical (unpaired) electrons. The highest BCUT2D eigenvalue weighted by atomic mass is 127. The first-order chi connectivity index (χ1) is 5.84. The minimum Gasteiger partial charge on any atom is -0.224 e. The second-order valence-corrected chi connectivity index (χ2v) is 5.28. The normalized spacial score (nSPS) is 11.7. The van der Waals surface area contributed by atoms with Gasteiger partial charge in [-0.05, 0) is 34.7 Å². The van der Waals surface area contributed by atoms with Gasteiger partial charge in [0.15, 0.2) is 5.82 Å². The lowest BCUT2D eigenvalue weighted by Gasteiger charge is -2.03. The molecule has 0 atom stereocenters. The van der Waals surface area contributed by atoms with Crippen LogP contribution in [0.2, 0.25) is 5.02 Å². The summed E-state index contributed by atoms with van der Waals surface area (Å²) in [5, 5.41) is 4.56. The largest absolute Gasteiger partial charge is 0.242 e. The van der Waals surface area contributed by atoms with Gasteiger partial charge in [0.2, 0.25) is 10.0 Å². The predicted octanol–water partition coefficient (Wildman–Crippen LogP) is 1.73. The predicted molar refractivity (Wildman–Crippen MR) is 55.5 cm³/mol. The molecular weight excluding hydrogens is 331 g/mol. The van der Waals surface area contributed by atoms with Gasteiger partial charge in [0, 0.05) is 0 Å². The Hall–Kier alpha value is 0.0800. The average Bonchev–Trinajstić information content (AvgIpc) is 1.95. The molecule has 3 nitrogen and oxygen atoms in total. The van der Waals surface area contributed by atoms with Gasteiger partial charge in [-0.2, -0.15) is 0 Å². The van der Waals surface area contributed by atoms with Crippen molar-refractivity contribution in [3.05, 3.63) is 26.5 Å². The van der Waals surface area contributed by atoms with Crippen molar-refractivity contribution in [2.24, 2.45) is 5.14 Å². The molecule has 0 bridgehead atoms. The fraction of sp³-hybridized carbons (Fsp3) is 0. The van der Waals surface area contributed by atoms with Gasteiger partial charge in [0.05, 0.1) is 8.59 Å². The molecule has 13 heavy (non-hydrogen) atoms. The zero-order valence-electron chi connectivity index (χ0n) is 6.09. The number of hydrogen-bond donors (Lipinski definition) is 1. The summed E-state index contributed by atoms with van der Waals surface area (Å²) in [6.07, 6.45) is 0. The molecule has 0 aliphatic heterocycles. The van der Waals surface area contributed by atoms with E-state index in [9.17, 15) is 12.8 Å². The van der Waals surface area contributed by atoms with E-state index in [1.165, 1.54) is 12.1 Å². The molecule has 0 aliphatic carbocycles. The van der Waals surface area contributed by atoms with Gasteiger partial charge in [0.1, 0.15) is 4.90 Å². The minimum absolute atomic E-state index is 0.158. The van der Waals surface area contributed by atoms with Crippen LogP contribution in [0, 0.1) is 9.39 Å². The first-order valence-electron chi connectivity index (χ1n) is 3.00. The lowest BCUT2D eigenvalue weighted by molar-refractivity contribution is 0.564. The first kappa shape index (κ1) is 11.2. The molecule has 1 aromatic rings. The van der Waals surface area contributed by atoms with Crippen molar-refractivity contribution in [2.45, 2.75) is 4.90 Å². The molecule has 0 unspecified atom stereocenters. The molecule has 1 rings (SSSR count). The van der Waals surface area contributed by atoms with Crippen molar-refractivity contribution in [3.63, 3.8) is 0 Å². The lowest BCUT2D eigenvalue weighted by atomic mass is 10.3. The van der Waals surface area contributed by atoms with E-state index in [-0.39, 0.29) is 8.59 Å². The Kier molecular flexibility index (Phi) is 3.16. The average molecular weight is 336 g/mol. The number of benzene rings is 1. The van der Waals surface area contributed by atoms with E-state index in [0.717, 1.165) is 0 Å². The summed E-state index contributed by atoms with van der Waals surface area (Å²) in [5.74, 6) is -0.907. The highest BCUT2D eigenvalue weighted by molar-refractivity contribution is 14.1. The summed E-state index contributed by atoms with van der Waals surface area (Å²) in [6, 6.07) is 2.65. The standard InChI is InChI=1S/C6H4ClFINO2S/c7-3-1-2-4(9)5(8)6(3)13(10,11)12/h1-2H,(H2,10,11,12). The number of primary sulfonamides is 1. The Morgan fingerprint density at radius 2 is 2.00 bits per heavy atom. The van der Waals surface area contributed by atoms with E-state index in [0.29, 0.717) is 0 Å². The van der Waals surface area contributed by atoms with E-state index in [4.69, 9.17) is 16.7 Å². The van der Waals surface area contributed by atoms with Crippen LogP contribution < -0.4 is 5.14 Å². The molecule has 0 aliphatic rings. The van der Waals surface area contributed by atoms with E-state index in [1.54, 1.807) is 22.6 Å². The molecule has 0 saturated heterocycles. The van der Waals surface area contributed by atoms with Gasteiger partial charge in [0.25, 0.3) is 0 Å². The maximum Gasteiger partial charge on any atom is 0.242 e. The van der Waals surface area contributed by atoms with E-state index in [1.807, 2.05) is 0 Å². The molecule has 1 aromatic carbocycles. The third-order valence-electron chi connectivity index (χ3n) is 1.29. The van der Waals surface area contributed by atoms with Crippen LogP contribution in [-0.2, 0) is 10.0 Å². The highest BCUT2D eigenvalue weighted by Crippen LogP contribution is 2.26. The van der Waals surface area contributed by atoms with Gasteiger partial charge < -0.3 is 0 Å². The second-order valence-electron chi connectivity index (χ2n) is 2.22. The van der Waals surface area contributed by atoms with Crippen LogP contribution in [0.4, 0.5) is 4.39 Å². The van der Waals surface area contributed by atoms with E-state index in [2.05, 4.69) is 0 Å². The number of nitrogens with two attached hydrogens (primary N) is 1. The molecule has 0 aromatic heterocycles. The molecule has 0 heterocycles. The van der Waals surface area contributed by atoms with Crippen LogP contribution in [0.1, 0.15) is 0 Å². The van der Waals surface area contributed by atoms with Crippen molar-refractivity contribution in [1.29, 1.82) is 0 Å². The first-order valence-corrected chi connectivity index (χ1v) is 6.00. The Labute approximate surface area is 93.3 Å². The Morgan fingerprint density at radius 3 is 2.38 bits per heavy atom. The van der Waals surface area contributed by atoms with E-state index < -0.39 is 20.7 Å². The van der Waals surface area contributed by atoms with Gasteiger partial charge >= 0.3 is 0 Å². The third kappa shape index (κ3) is 2.30. The Balaban J connectivity index is 3.62. The zero-order chi connectivity index (χ0) is 10.2. The smallest absolute Gasteiger partial charge is 0.224 e. The van der Waals surface area contributed by atoms with Crippen molar-refractivity contribution >= 4 is 44.2 Å². The van der Waals surface area contributed by atoms with Crippen molar-refractivity contribution in [1.82, 2.24) is 0 Å². The summed E-state index contributed by atoms with van der Waals surface area (Å²) < 4.78 is 35.1. The van der Waals surface area contributed by atoms with Crippen LogP contribution in [0.3, 0.4) is 0 Å². The maximum atomic E-state index is 13.2. The van der Waals surface area contributed by atoms with Gasteiger partial charge in [-0.15, -0.1) is 0 Å². The van der Waals surface area contributed by atoms with Crippen LogP contribution in [0.15, 0.2) is 17.0 Å². The third-order valence-corrected chi connectivity index (χ3v) is 3.51. The zero-order valence-corrected chi connectivity index (χ0v) is 9.82. The van der Waals surface area contributed by atoms with E-state index >= 15 is 0 Å². The van der Waals surface area contributed by atoms with Crippen LogP contribution in [0.25, 0.3) is 0 Å². The maximum absolute atomic E-state index is 13.2.